The van der Waals surface area contributed by atoms with Crippen LogP contribution in [0, 0.1) is 13.8 Å². The monoisotopic (exact) mass is 313 g/mol. The van der Waals surface area contributed by atoms with Gasteiger partial charge in [-0.25, -0.2) is 9.59 Å². The van der Waals surface area contributed by atoms with Gasteiger partial charge in [0.25, 0.3) is 0 Å². The lowest BCUT2D eigenvalue weighted by Crippen LogP contribution is -2.34. The van der Waals surface area contributed by atoms with E-state index >= 15 is 0 Å². The van der Waals surface area contributed by atoms with E-state index < -0.39 is 18.1 Å². The molecule has 0 radical (unpaired) electrons. The van der Waals surface area contributed by atoms with Crippen LogP contribution in [0.15, 0.2) is 48.5 Å². The van der Waals surface area contributed by atoms with Crippen molar-refractivity contribution in [2.45, 2.75) is 26.5 Å². The molecule has 1 atom stereocenters. The molecule has 120 valence electrons. The van der Waals surface area contributed by atoms with Crippen LogP contribution >= 0.6 is 0 Å². The highest BCUT2D eigenvalue weighted by Crippen LogP contribution is 2.19. The van der Waals surface area contributed by atoms with E-state index in [4.69, 9.17) is 4.74 Å². The summed E-state index contributed by atoms with van der Waals surface area (Å²) in [5.41, 5.74) is 3.21. The largest absolute Gasteiger partial charge is 0.479 e. The molecule has 0 aliphatic heterocycles. The Morgan fingerprint density at radius 1 is 1.13 bits per heavy atom. The fourth-order valence-corrected chi connectivity index (χ4v) is 2.30. The number of hydrogen-bond donors (Lipinski definition) is 2. The molecular formula is C18H19NO4. The van der Waals surface area contributed by atoms with Crippen molar-refractivity contribution in [3.8, 4) is 0 Å². The highest BCUT2D eigenvalue weighted by Gasteiger charge is 2.24. The van der Waals surface area contributed by atoms with Gasteiger partial charge in [0.05, 0.1) is 0 Å². The summed E-state index contributed by atoms with van der Waals surface area (Å²) in [5, 5.41) is 11.8. The normalized spacial score (nSPS) is 11.6. The van der Waals surface area contributed by atoms with Crippen LogP contribution in [-0.2, 0) is 16.1 Å². The van der Waals surface area contributed by atoms with Crippen molar-refractivity contribution >= 4 is 12.1 Å². The maximum Gasteiger partial charge on any atom is 0.408 e. The first-order valence-corrected chi connectivity index (χ1v) is 7.24. The summed E-state index contributed by atoms with van der Waals surface area (Å²) < 4.78 is 5.08. The zero-order chi connectivity index (χ0) is 16.8. The molecule has 0 saturated heterocycles. The molecule has 0 bridgehead atoms. The first kappa shape index (κ1) is 16.5. The molecule has 0 aliphatic rings. The first-order valence-electron chi connectivity index (χ1n) is 7.24. The Labute approximate surface area is 134 Å². The van der Waals surface area contributed by atoms with Gasteiger partial charge >= 0.3 is 12.1 Å². The summed E-state index contributed by atoms with van der Waals surface area (Å²) >= 11 is 0. The summed E-state index contributed by atoms with van der Waals surface area (Å²) in [7, 11) is 0. The summed E-state index contributed by atoms with van der Waals surface area (Å²) in [6.45, 7) is 3.83. The van der Waals surface area contributed by atoms with Crippen molar-refractivity contribution < 1.29 is 19.4 Å². The minimum absolute atomic E-state index is 0.0892. The molecule has 0 aliphatic carbocycles. The van der Waals surface area contributed by atoms with Crippen molar-refractivity contribution in [3.63, 3.8) is 0 Å². The SMILES string of the molecule is Cc1ccc(C(NC(=O)OCc2ccccc2)C(=O)O)c(C)c1. The second kappa shape index (κ2) is 7.45. The number of alkyl carbamates (subject to hydrolysis) is 1. The third-order valence-corrected chi connectivity index (χ3v) is 3.46. The van der Waals surface area contributed by atoms with E-state index in [0.29, 0.717) is 5.56 Å². The number of aliphatic carboxylic acids is 1. The van der Waals surface area contributed by atoms with Crippen LogP contribution in [-0.4, -0.2) is 17.2 Å². The summed E-state index contributed by atoms with van der Waals surface area (Å²) in [4.78, 5) is 23.4. The molecule has 5 heteroatoms. The molecule has 0 spiro atoms. The van der Waals surface area contributed by atoms with Gasteiger partial charge < -0.3 is 15.2 Å². The van der Waals surface area contributed by atoms with E-state index in [2.05, 4.69) is 5.32 Å². The van der Waals surface area contributed by atoms with Crippen LogP contribution in [0.5, 0.6) is 0 Å². The Balaban J connectivity index is 2.04. The van der Waals surface area contributed by atoms with Crippen molar-refractivity contribution in [2.24, 2.45) is 0 Å². The fourth-order valence-electron chi connectivity index (χ4n) is 2.30. The van der Waals surface area contributed by atoms with E-state index in [9.17, 15) is 14.7 Å². The molecule has 2 rings (SSSR count). The van der Waals surface area contributed by atoms with Crippen LogP contribution in [0.4, 0.5) is 4.79 Å². The van der Waals surface area contributed by atoms with Gasteiger partial charge in [-0.1, -0.05) is 54.1 Å². The van der Waals surface area contributed by atoms with Crippen molar-refractivity contribution in [3.05, 3.63) is 70.8 Å². The zero-order valence-electron chi connectivity index (χ0n) is 13.1. The molecule has 0 heterocycles. The lowest BCUT2D eigenvalue weighted by Gasteiger charge is -2.17. The summed E-state index contributed by atoms with van der Waals surface area (Å²) in [5.74, 6) is -1.13. The lowest BCUT2D eigenvalue weighted by atomic mass is 9.99. The van der Waals surface area contributed by atoms with Gasteiger partial charge in [0, 0.05) is 0 Å². The number of rotatable bonds is 5. The number of carbonyl (C=O) groups is 2. The number of carbonyl (C=O) groups excluding carboxylic acids is 1. The molecule has 2 aromatic rings. The van der Waals surface area contributed by atoms with E-state index in [1.165, 1.54) is 0 Å². The Hall–Kier alpha value is -2.82. The predicted octanol–water partition coefficient (Wildman–Crippen LogP) is 3.36. The second-order valence-corrected chi connectivity index (χ2v) is 5.34. The van der Waals surface area contributed by atoms with E-state index in [-0.39, 0.29) is 6.61 Å². The van der Waals surface area contributed by atoms with Gasteiger partial charge in [0.1, 0.15) is 6.61 Å². The average molecular weight is 313 g/mol. The molecule has 5 nitrogen and oxygen atoms in total. The molecule has 1 amide bonds. The zero-order valence-corrected chi connectivity index (χ0v) is 13.1. The maximum absolute atomic E-state index is 11.9. The van der Waals surface area contributed by atoms with Crippen LogP contribution in [0.3, 0.4) is 0 Å². The Morgan fingerprint density at radius 2 is 1.83 bits per heavy atom. The number of carboxylic acids is 1. The molecule has 2 N–H and O–H groups in total. The Kier molecular flexibility index (Phi) is 5.36. The van der Waals surface area contributed by atoms with Crippen LogP contribution in [0.25, 0.3) is 0 Å². The minimum atomic E-state index is -1.14. The third kappa shape index (κ3) is 4.57. The second-order valence-electron chi connectivity index (χ2n) is 5.34. The number of carboxylic acid groups (broad SMARTS) is 1. The molecule has 0 saturated carbocycles. The van der Waals surface area contributed by atoms with E-state index in [1.54, 1.807) is 6.07 Å². The highest BCUT2D eigenvalue weighted by molar-refractivity contribution is 5.81. The number of benzene rings is 2. The predicted molar refractivity (Wildman–Crippen MR) is 86.1 cm³/mol. The van der Waals surface area contributed by atoms with Crippen molar-refractivity contribution in [1.82, 2.24) is 5.32 Å². The van der Waals surface area contributed by atoms with E-state index in [1.807, 2.05) is 56.3 Å². The number of amides is 1. The molecule has 2 aromatic carbocycles. The van der Waals surface area contributed by atoms with Gasteiger partial charge in [-0.05, 0) is 30.5 Å². The van der Waals surface area contributed by atoms with Gasteiger partial charge in [0.2, 0.25) is 0 Å². The van der Waals surface area contributed by atoms with Gasteiger partial charge in [-0.3, -0.25) is 0 Å². The summed E-state index contributed by atoms with van der Waals surface area (Å²) in [6, 6.07) is 13.5. The summed E-state index contributed by atoms with van der Waals surface area (Å²) in [6.07, 6.45) is -0.763. The van der Waals surface area contributed by atoms with Crippen LogP contribution in [0.1, 0.15) is 28.3 Å². The number of ether oxygens (including phenoxy) is 1. The minimum Gasteiger partial charge on any atom is -0.479 e. The van der Waals surface area contributed by atoms with Gasteiger partial charge in [-0.15, -0.1) is 0 Å². The fraction of sp³-hybridized carbons (Fsp3) is 0.222. The molecule has 1 unspecified atom stereocenters. The van der Waals surface area contributed by atoms with Crippen LogP contribution in [0.2, 0.25) is 0 Å². The molecule has 0 fully saturated rings. The van der Waals surface area contributed by atoms with Gasteiger partial charge in [-0.2, -0.15) is 0 Å². The number of hydrogen-bond acceptors (Lipinski definition) is 3. The topological polar surface area (TPSA) is 75.6 Å². The standard InChI is InChI=1S/C18H19NO4/c1-12-8-9-15(13(2)10-12)16(17(20)21)19-18(22)23-11-14-6-4-3-5-7-14/h3-10,16H,11H2,1-2H3,(H,19,22)(H,20,21). The Morgan fingerprint density at radius 3 is 2.43 bits per heavy atom. The third-order valence-electron chi connectivity index (χ3n) is 3.46. The van der Waals surface area contributed by atoms with Gasteiger partial charge in [0.15, 0.2) is 6.04 Å². The highest BCUT2D eigenvalue weighted by atomic mass is 16.5. The smallest absolute Gasteiger partial charge is 0.408 e. The van der Waals surface area contributed by atoms with Crippen LogP contribution < -0.4 is 5.32 Å². The Bertz CT molecular complexity index is 697. The molecule has 0 aromatic heterocycles. The first-order chi connectivity index (χ1) is 11.0. The maximum atomic E-state index is 11.9. The van der Waals surface area contributed by atoms with Crippen molar-refractivity contribution in [1.29, 1.82) is 0 Å². The van der Waals surface area contributed by atoms with E-state index in [0.717, 1.165) is 16.7 Å². The number of nitrogens with one attached hydrogen (secondary N) is 1. The average Bonchev–Trinajstić information content (AvgIpc) is 2.52. The lowest BCUT2D eigenvalue weighted by molar-refractivity contribution is -0.139. The quantitative estimate of drug-likeness (QED) is 0.887. The number of aryl methyl sites for hydroxylation is 2. The molecule has 23 heavy (non-hydrogen) atoms. The van der Waals surface area contributed by atoms with Crippen molar-refractivity contribution in [2.75, 3.05) is 0 Å². The molecular weight excluding hydrogens is 294 g/mol.